The molecule has 0 spiro atoms. The predicted octanol–water partition coefficient (Wildman–Crippen LogP) is 2.71. The zero-order valence-corrected chi connectivity index (χ0v) is 16.4. The summed E-state index contributed by atoms with van der Waals surface area (Å²) >= 11 is 6.08. The van der Waals surface area contributed by atoms with Gasteiger partial charge in [-0.1, -0.05) is 37.6 Å². The standard InChI is InChI=1S/C18H27ClN6/c1-13-23-24-16(25(13)5)11-21-17(20-4)22-12-18(2,3)10-14-7-6-8-15(19)9-14/h6-9H,10-12H2,1-5H3,(H2,20,21,22). The lowest BCUT2D eigenvalue weighted by molar-refractivity contribution is 0.359. The van der Waals surface area contributed by atoms with E-state index in [-0.39, 0.29) is 5.41 Å². The first-order valence-electron chi connectivity index (χ1n) is 8.34. The molecule has 2 N–H and O–H groups in total. The summed E-state index contributed by atoms with van der Waals surface area (Å²) in [6.07, 6.45) is 0.931. The van der Waals surface area contributed by atoms with Crippen molar-refractivity contribution in [1.82, 2.24) is 25.4 Å². The second-order valence-electron chi connectivity index (χ2n) is 6.97. The minimum Gasteiger partial charge on any atom is -0.356 e. The maximum absolute atomic E-state index is 6.08. The van der Waals surface area contributed by atoms with Crippen molar-refractivity contribution >= 4 is 17.6 Å². The third-order valence-corrected chi connectivity index (χ3v) is 4.36. The van der Waals surface area contributed by atoms with Gasteiger partial charge >= 0.3 is 0 Å². The molecule has 0 fully saturated rings. The van der Waals surface area contributed by atoms with Crippen LogP contribution in [0.15, 0.2) is 29.3 Å². The molecular formula is C18H27ClN6. The summed E-state index contributed by atoms with van der Waals surface area (Å²) < 4.78 is 1.96. The molecule has 0 atom stereocenters. The lowest BCUT2D eigenvalue weighted by Gasteiger charge is -2.26. The highest BCUT2D eigenvalue weighted by atomic mass is 35.5. The normalized spacial score (nSPS) is 12.3. The Morgan fingerprint density at radius 3 is 2.64 bits per heavy atom. The van der Waals surface area contributed by atoms with E-state index in [0.29, 0.717) is 6.54 Å². The summed E-state index contributed by atoms with van der Waals surface area (Å²) in [6, 6.07) is 8.02. The van der Waals surface area contributed by atoms with E-state index in [9.17, 15) is 0 Å². The molecule has 0 bridgehead atoms. The minimum atomic E-state index is 0.0592. The highest BCUT2D eigenvalue weighted by Gasteiger charge is 2.19. The van der Waals surface area contributed by atoms with Crippen LogP contribution in [0, 0.1) is 12.3 Å². The van der Waals surface area contributed by atoms with Gasteiger partial charge in [0, 0.05) is 25.7 Å². The van der Waals surface area contributed by atoms with Gasteiger partial charge in [-0.3, -0.25) is 4.99 Å². The van der Waals surface area contributed by atoms with E-state index in [1.54, 1.807) is 7.05 Å². The Kier molecular flexibility index (Phi) is 6.42. The van der Waals surface area contributed by atoms with Gasteiger partial charge in [0.25, 0.3) is 0 Å². The number of aromatic nitrogens is 3. The highest BCUT2D eigenvalue weighted by Crippen LogP contribution is 2.22. The van der Waals surface area contributed by atoms with Crippen molar-refractivity contribution in [2.75, 3.05) is 13.6 Å². The summed E-state index contributed by atoms with van der Waals surface area (Å²) in [5.74, 6) is 2.51. The van der Waals surface area contributed by atoms with Crippen LogP contribution in [0.1, 0.15) is 31.1 Å². The van der Waals surface area contributed by atoms with E-state index in [1.807, 2.05) is 36.7 Å². The van der Waals surface area contributed by atoms with E-state index < -0.39 is 0 Å². The highest BCUT2D eigenvalue weighted by molar-refractivity contribution is 6.30. The van der Waals surface area contributed by atoms with Crippen LogP contribution >= 0.6 is 11.6 Å². The molecule has 0 aliphatic rings. The van der Waals surface area contributed by atoms with Gasteiger partial charge in [0.2, 0.25) is 0 Å². The van der Waals surface area contributed by atoms with Crippen LogP contribution < -0.4 is 10.6 Å². The van der Waals surface area contributed by atoms with Crippen LogP contribution in [-0.2, 0) is 20.0 Å². The molecule has 0 unspecified atom stereocenters. The molecule has 1 aromatic carbocycles. The van der Waals surface area contributed by atoms with Crippen molar-refractivity contribution in [1.29, 1.82) is 0 Å². The zero-order valence-electron chi connectivity index (χ0n) is 15.6. The first-order chi connectivity index (χ1) is 11.8. The maximum Gasteiger partial charge on any atom is 0.191 e. The van der Waals surface area contributed by atoms with Crippen molar-refractivity contribution in [3.8, 4) is 0 Å². The molecule has 1 heterocycles. The average molecular weight is 363 g/mol. The van der Waals surface area contributed by atoms with Gasteiger partial charge in [0.05, 0.1) is 6.54 Å². The van der Waals surface area contributed by atoms with Gasteiger partial charge in [0.1, 0.15) is 5.82 Å². The van der Waals surface area contributed by atoms with E-state index in [0.717, 1.165) is 35.6 Å². The van der Waals surface area contributed by atoms with Crippen LogP contribution in [0.25, 0.3) is 0 Å². The molecule has 0 saturated heterocycles. The topological polar surface area (TPSA) is 67.1 Å². The number of nitrogens with zero attached hydrogens (tertiary/aromatic N) is 4. The lowest BCUT2D eigenvalue weighted by atomic mass is 9.86. The number of nitrogens with one attached hydrogen (secondary N) is 2. The van der Waals surface area contributed by atoms with Gasteiger partial charge in [0.15, 0.2) is 11.8 Å². The molecule has 2 aromatic rings. The molecule has 2 rings (SSSR count). The monoisotopic (exact) mass is 362 g/mol. The Labute approximate surface area is 154 Å². The molecule has 0 aliphatic carbocycles. The second-order valence-corrected chi connectivity index (χ2v) is 7.41. The van der Waals surface area contributed by atoms with Crippen LogP contribution in [-0.4, -0.2) is 34.3 Å². The number of hydrogen-bond donors (Lipinski definition) is 2. The maximum atomic E-state index is 6.08. The molecule has 0 aliphatic heterocycles. The van der Waals surface area contributed by atoms with E-state index >= 15 is 0 Å². The van der Waals surface area contributed by atoms with E-state index in [4.69, 9.17) is 11.6 Å². The van der Waals surface area contributed by atoms with Crippen molar-refractivity contribution in [2.24, 2.45) is 17.5 Å². The summed E-state index contributed by atoms with van der Waals surface area (Å²) in [6.45, 7) is 7.74. The number of hydrogen-bond acceptors (Lipinski definition) is 3. The third kappa shape index (κ3) is 5.74. The fourth-order valence-electron chi connectivity index (χ4n) is 2.57. The molecule has 1 aromatic heterocycles. The van der Waals surface area contributed by atoms with Gasteiger partial charge in [-0.2, -0.15) is 0 Å². The predicted molar refractivity (Wildman–Crippen MR) is 103 cm³/mol. The Balaban J connectivity index is 1.87. The summed E-state index contributed by atoms with van der Waals surface area (Å²) in [5.41, 5.74) is 1.29. The number of halogens is 1. The summed E-state index contributed by atoms with van der Waals surface area (Å²) in [7, 11) is 3.72. The van der Waals surface area contributed by atoms with Gasteiger partial charge < -0.3 is 15.2 Å². The zero-order chi connectivity index (χ0) is 18.4. The summed E-state index contributed by atoms with van der Waals surface area (Å²) in [4.78, 5) is 4.28. The first kappa shape index (κ1) is 19.2. The van der Waals surface area contributed by atoms with Crippen molar-refractivity contribution in [3.05, 3.63) is 46.5 Å². The van der Waals surface area contributed by atoms with Crippen molar-refractivity contribution < 1.29 is 0 Å². The van der Waals surface area contributed by atoms with E-state index in [2.05, 4.69) is 45.7 Å². The number of aliphatic imine (C=N–C) groups is 1. The molecular weight excluding hydrogens is 336 g/mol. The van der Waals surface area contributed by atoms with Gasteiger partial charge in [-0.15, -0.1) is 10.2 Å². The fraction of sp³-hybridized carbons (Fsp3) is 0.500. The molecule has 7 heteroatoms. The van der Waals surface area contributed by atoms with Crippen molar-refractivity contribution in [2.45, 2.75) is 33.7 Å². The Bertz CT molecular complexity index is 735. The molecule has 0 radical (unpaired) electrons. The molecule has 136 valence electrons. The number of guanidine groups is 1. The fourth-order valence-corrected chi connectivity index (χ4v) is 2.79. The molecule has 0 amide bonds. The van der Waals surface area contributed by atoms with Crippen LogP contribution in [0.2, 0.25) is 5.02 Å². The van der Waals surface area contributed by atoms with Crippen LogP contribution in [0.5, 0.6) is 0 Å². The van der Waals surface area contributed by atoms with E-state index in [1.165, 1.54) is 5.56 Å². The average Bonchev–Trinajstić information content (AvgIpc) is 2.86. The quantitative estimate of drug-likeness (QED) is 0.612. The smallest absolute Gasteiger partial charge is 0.191 e. The largest absolute Gasteiger partial charge is 0.356 e. The lowest BCUT2D eigenvalue weighted by Crippen LogP contribution is -2.42. The Morgan fingerprint density at radius 1 is 1.28 bits per heavy atom. The summed E-state index contributed by atoms with van der Waals surface area (Å²) in [5, 5.41) is 15.7. The number of aryl methyl sites for hydroxylation is 1. The second kappa shape index (κ2) is 8.34. The number of benzene rings is 1. The molecule has 0 saturated carbocycles. The van der Waals surface area contributed by atoms with Crippen molar-refractivity contribution in [3.63, 3.8) is 0 Å². The SMILES string of the molecule is CN=C(NCc1nnc(C)n1C)NCC(C)(C)Cc1cccc(Cl)c1. The van der Waals surface area contributed by atoms with Gasteiger partial charge in [-0.25, -0.2) is 0 Å². The first-order valence-corrected chi connectivity index (χ1v) is 8.72. The third-order valence-electron chi connectivity index (χ3n) is 4.13. The Hall–Kier alpha value is -2.08. The molecule has 25 heavy (non-hydrogen) atoms. The van der Waals surface area contributed by atoms with Gasteiger partial charge in [-0.05, 0) is 36.5 Å². The Morgan fingerprint density at radius 2 is 2.04 bits per heavy atom. The van der Waals surface area contributed by atoms with Crippen LogP contribution in [0.3, 0.4) is 0 Å². The minimum absolute atomic E-state index is 0.0592. The number of rotatable bonds is 6. The molecule has 6 nitrogen and oxygen atoms in total. The van der Waals surface area contributed by atoms with Crippen LogP contribution in [0.4, 0.5) is 0 Å².